The Kier molecular flexibility index (Phi) is 8.25. The molecular formula is C30H30N6O4S. The summed E-state index contributed by atoms with van der Waals surface area (Å²) in [6, 6.07) is 19.9. The Balaban J connectivity index is 1.26. The van der Waals surface area contributed by atoms with E-state index in [4.69, 9.17) is 0 Å². The molecule has 41 heavy (non-hydrogen) atoms. The first kappa shape index (κ1) is 27.8. The van der Waals surface area contributed by atoms with Gasteiger partial charge in [-0.05, 0) is 42.7 Å². The number of H-pyrrole nitrogens is 1. The van der Waals surface area contributed by atoms with E-state index >= 15 is 0 Å². The molecule has 10 nitrogen and oxygen atoms in total. The molecule has 0 spiro atoms. The number of sulfone groups is 1. The average Bonchev–Trinajstić information content (AvgIpc) is 3.39. The lowest BCUT2D eigenvalue weighted by Gasteiger charge is -2.15. The number of aryl methyl sites for hydroxylation is 1. The highest BCUT2D eigenvalue weighted by Crippen LogP contribution is 2.17. The molecule has 0 aliphatic rings. The summed E-state index contributed by atoms with van der Waals surface area (Å²) in [7, 11) is -3.23. The highest BCUT2D eigenvalue weighted by Gasteiger charge is 2.15. The van der Waals surface area contributed by atoms with Crippen molar-refractivity contribution in [3.63, 3.8) is 0 Å². The van der Waals surface area contributed by atoms with Gasteiger partial charge in [0, 0.05) is 47.4 Å². The summed E-state index contributed by atoms with van der Waals surface area (Å²) < 4.78 is 24.7. The van der Waals surface area contributed by atoms with Gasteiger partial charge in [0.1, 0.15) is 18.1 Å². The van der Waals surface area contributed by atoms with Gasteiger partial charge < -0.3 is 15.6 Å². The second kappa shape index (κ2) is 12.2. The summed E-state index contributed by atoms with van der Waals surface area (Å²) in [6.45, 7) is 0.580. The zero-order chi connectivity index (χ0) is 28.8. The van der Waals surface area contributed by atoms with Crippen LogP contribution in [0.4, 0.5) is 5.69 Å². The summed E-state index contributed by atoms with van der Waals surface area (Å²) in [6.07, 6.45) is 7.54. The molecule has 0 radical (unpaired) electrons. The molecule has 3 N–H and O–H groups in total. The fourth-order valence-electron chi connectivity index (χ4n) is 4.52. The van der Waals surface area contributed by atoms with E-state index in [9.17, 15) is 18.0 Å². The Morgan fingerprint density at radius 1 is 1.02 bits per heavy atom. The minimum atomic E-state index is -3.23. The van der Waals surface area contributed by atoms with Crippen molar-refractivity contribution in [2.24, 2.45) is 0 Å². The number of aromatic amines is 1. The summed E-state index contributed by atoms with van der Waals surface area (Å²) in [5.41, 5.74) is 3.44. The molecule has 0 unspecified atom stereocenters. The van der Waals surface area contributed by atoms with Gasteiger partial charge in [-0.25, -0.2) is 13.4 Å². The van der Waals surface area contributed by atoms with E-state index in [0.717, 1.165) is 27.7 Å². The monoisotopic (exact) mass is 570 g/mol. The molecule has 0 saturated carbocycles. The van der Waals surface area contributed by atoms with Crippen LogP contribution in [0.25, 0.3) is 22.3 Å². The van der Waals surface area contributed by atoms with Crippen molar-refractivity contribution in [1.82, 2.24) is 24.8 Å². The molecule has 0 bridgehead atoms. The largest absolute Gasteiger partial charge is 0.379 e. The highest BCUT2D eigenvalue weighted by molar-refractivity contribution is 7.90. The quantitative estimate of drug-likeness (QED) is 0.206. The standard InChI is InChI=1S/C30H30N6O4S/c1-41(39,40)25-11-9-21(10-12-25)6-5-14-32-27-19-34-29(22-7-3-2-4-8-22)36(30(27)38)20-28(37)33-18-24-16-23-17-31-15-13-26(23)35-24/h2-4,7-13,15-17,19,32,35H,5-6,14,18,20H2,1H3,(H,33,37). The number of amides is 1. The first-order chi connectivity index (χ1) is 19.8. The predicted octanol–water partition coefficient (Wildman–Crippen LogP) is 3.55. The van der Waals surface area contributed by atoms with Crippen molar-refractivity contribution >= 4 is 32.3 Å². The maximum atomic E-state index is 13.5. The van der Waals surface area contributed by atoms with Crippen LogP contribution >= 0.6 is 0 Å². The lowest BCUT2D eigenvalue weighted by molar-refractivity contribution is -0.121. The lowest BCUT2D eigenvalue weighted by atomic mass is 10.1. The molecule has 2 aromatic carbocycles. The molecule has 11 heteroatoms. The van der Waals surface area contributed by atoms with Crippen LogP contribution in [0.1, 0.15) is 17.7 Å². The van der Waals surface area contributed by atoms with Crippen LogP contribution in [-0.2, 0) is 34.1 Å². The van der Waals surface area contributed by atoms with Crippen LogP contribution in [0.15, 0.2) is 95.0 Å². The van der Waals surface area contributed by atoms with E-state index in [1.54, 1.807) is 36.7 Å². The minimum absolute atomic E-state index is 0.194. The van der Waals surface area contributed by atoms with Crippen LogP contribution in [0.3, 0.4) is 0 Å². The van der Waals surface area contributed by atoms with E-state index in [1.165, 1.54) is 17.0 Å². The second-order valence-electron chi connectivity index (χ2n) is 9.73. The zero-order valence-electron chi connectivity index (χ0n) is 22.5. The minimum Gasteiger partial charge on any atom is -0.379 e. The molecule has 3 heterocycles. The fraction of sp³-hybridized carbons (Fsp3) is 0.200. The van der Waals surface area contributed by atoms with E-state index in [0.29, 0.717) is 30.9 Å². The Hall–Kier alpha value is -4.77. The summed E-state index contributed by atoms with van der Waals surface area (Å²) in [5.74, 6) is 0.0801. The van der Waals surface area contributed by atoms with Gasteiger partial charge in [-0.2, -0.15) is 0 Å². The third-order valence-corrected chi connectivity index (χ3v) is 7.77. The summed E-state index contributed by atoms with van der Waals surface area (Å²) in [5, 5.41) is 6.98. The number of carbonyl (C=O) groups is 1. The van der Waals surface area contributed by atoms with Crippen LogP contribution in [0, 0.1) is 0 Å². The number of fused-ring (bicyclic) bond motifs is 1. The molecule has 1 amide bonds. The number of rotatable bonds is 11. The molecule has 0 aliphatic heterocycles. The summed E-state index contributed by atoms with van der Waals surface area (Å²) >= 11 is 0. The molecule has 3 aromatic heterocycles. The molecular weight excluding hydrogens is 540 g/mol. The molecule has 0 saturated heterocycles. The second-order valence-corrected chi connectivity index (χ2v) is 11.7. The zero-order valence-corrected chi connectivity index (χ0v) is 23.3. The Bertz CT molecular complexity index is 1800. The van der Waals surface area contributed by atoms with Gasteiger partial charge in [-0.3, -0.25) is 19.1 Å². The summed E-state index contributed by atoms with van der Waals surface area (Å²) in [4.78, 5) is 38.6. The van der Waals surface area contributed by atoms with E-state index in [-0.39, 0.29) is 29.5 Å². The van der Waals surface area contributed by atoms with E-state index in [2.05, 4.69) is 25.6 Å². The molecule has 0 aliphatic carbocycles. The molecule has 0 atom stereocenters. The van der Waals surface area contributed by atoms with Gasteiger partial charge in [-0.1, -0.05) is 42.5 Å². The highest BCUT2D eigenvalue weighted by atomic mass is 32.2. The number of benzene rings is 2. The van der Waals surface area contributed by atoms with Crippen molar-refractivity contribution in [1.29, 1.82) is 0 Å². The molecule has 5 rings (SSSR count). The van der Waals surface area contributed by atoms with Crippen LogP contribution in [0.2, 0.25) is 0 Å². The number of hydrogen-bond donors (Lipinski definition) is 3. The van der Waals surface area contributed by atoms with E-state index in [1.807, 2.05) is 42.5 Å². The van der Waals surface area contributed by atoms with Gasteiger partial charge >= 0.3 is 0 Å². The number of hydrogen-bond acceptors (Lipinski definition) is 7. The Morgan fingerprint density at radius 3 is 2.54 bits per heavy atom. The number of aromatic nitrogens is 4. The number of nitrogens with zero attached hydrogens (tertiary/aromatic N) is 3. The third-order valence-electron chi connectivity index (χ3n) is 6.64. The van der Waals surface area contributed by atoms with E-state index < -0.39 is 9.84 Å². The Labute approximate surface area is 237 Å². The third kappa shape index (κ3) is 6.87. The van der Waals surface area contributed by atoms with Gasteiger partial charge in [0.2, 0.25) is 5.91 Å². The first-order valence-corrected chi connectivity index (χ1v) is 15.0. The molecule has 5 aromatic rings. The van der Waals surface area contributed by atoms with Crippen molar-refractivity contribution < 1.29 is 13.2 Å². The van der Waals surface area contributed by atoms with Crippen molar-refractivity contribution in [3.05, 3.63) is 107 Å². The van der Waals surface area contributed by atoms with Gasteiger partial charge in [-0.15, -0.1) is 0 Å². The lowest BCUT2D eigenvalue weighted by Crippen LogP contribution is -2.34. The van der Waals surface area contributed by atoms with Crippen molar-refractivity contribution in [2.45, 2.75) is 30.8 Å². The predicted molar refractivity (Wildman–Crippen MR) is 158 cm³/mol. The average molecular weight is 571 g/mol. The van der Waals surface area contributed by atoms with Gasteiger partial charge in [0.15, 0.2) is 9.84 Å². The number of nitrogens with one attached hydrogen (secondary N) is 3. The van der Waals surface area contributed by atoms with Crippen LogP contribution < -0.4 is 16.2 Å². The Morgan fingerprint density at radius 2 is 1.80 bits per heavy atom. The fourth-order valence-corrected chi connectivity index (χ4v) is 5.15. The molecule has 210 valence electrons. The number of anilines is 1. The van der Waals surface area contributed by atoms with Gasteiger partial charge in [0.05, 0.1) is 17.6 Å². The topological polar surface area (TPSA) is 139 Å². The van der Waals surface area contributed by atoms with Crippen molar-refractivity contribution in [3.8, 4) is 11.4 Å². The molecule has 0 fully saturated rings. The maximum Gasteiger partial charge on any atom is 0.277 e. The smallest absolute Gasteiger partial charge is 0.277 e. The SMILES string of the molecule is CS(=O)(=O)c1ccc(CCCNc2cnc(-c3ccccc3)n(CC(=O)NCc3cc4cnccc4[nH]3)c2=O)cc1. The van der Waals surface area contributed by atoms with Crippen LogP contribution in [-0.4, -0.2) is 46.6 Å². The maximum absolute atomic E-state index is 13.5. The number of carbonyl (C=O) groups excluding carboxylic acids is 1. The normalized spacial score (nSPS) is 11.4. The van der Waals surface area contributed by atoms with Crippen LogP contribution in [0.5, 0.6) is 0 Å². The van der Waals surface area contributed by atoms with Crippen molar-refractivity contribution in [2.75, 3.05) is 18.1 Å². The van der Waals surface area contributed by atoms with Gasteiger partial charge in [0.25, 0.3) is 5.56 Å². The first-order valence-electron chi connectivity index (χ1n) is 13.1. The number of pyridine rings is 1.